The fourth-order valence-electron chi connectivity index (χ4n) is 4.79. The lowest BCUT2D eigenvalue weighted by atomic mass is 9.90. The van der Waals surface area contributed by atoms with Gasteiger partial charge in [-0.1, -0.05) is 58.0 Å². The molecule has 1 saturated heterocycles. The van der Waals surface area contributed by atoms with Gasteiger partial charge in [0.05, 0.1) is 6.54 Å². The monoisotopic (exact) mass is 483 g/mol. The Bertz CT molecular complexity index is 1080. The van der Waals surface area contributed by atoms with Crippen LogP contribution in [0, 0.1) is 17.8 Å². The first-order valence-corrected chi connectivity index (χ1v) is 12.8. The van der Waals surface area contributed by atoms with Crippen LogP contribution in [-0.2, 0) is 17.8 Å². The first kappa shape index (κ1) is 26.7. The first-order valence-electron chi connectivity index (χ1n) is 12.8. The van der Waals surface area contributed by atoms with E-state index in [9.17, 15) is 14.4 Å². The minimum atomic E-state index is -0.610. The van der Waals surface area contributed by atoms with Crippen LogP contribution < -0.4 is 21.9 Å². The van der Waals surface area contributed by atoms with Gasteiger partial charge >= 0.3 is 5.69 Å². The van der Waals surface area contributed by atoms with Crippen LogP contribution in [0.1, 0.15) is 52.5 Å². The molecule has 1 amide bonds. The summed E-state index contributed by atoms with van der Waals surface area (Å²) in [6, 6.07) is 10.6. The van der Waals surface area contributed by atoms with Crippen molar-refractivity contribution < 1.29 is 4.79 Å². The fourth-order valence-corrected chi connectivity index (χ4v) is 4.79. The van der Waals surface area contributed by atoms with Gasteiger partial charge in [0.25, 0.3) is 5.56 Å². The first-order chi connectivity index (χ1) is 16.7. The van der Waals surface area contributed by atoms with Crippen molar-refractivity contribution >= 4 is 17.4 Å². The minimum absolute atomic E-state index is 0.0565. The molecule has 192 valence electrons. The van der Waals surface area contributed by atoms with Crippen LogP contribution in [0.2, 0.25) is 0 Å². The van der Waals surface area contributed by atoms with Crippen molar-refractivity contribution in [2.24, 2.45) is 17.8 Å². The lowest BCUT2D eigenvalue weighted by Gasteiger charge is -2.34. The van der Waals surface area contributed by atoms with Crippen molar-refractivity contribution in [2.75, 3.05) is 36.8 Å². The molecule has 2 aromatic rings. The molecule has 8 nitrogen and oxygen atoms in total. The summed E-state index contributed by atoms with van der Waals surface area (Å²) in [5, 5.41) is 0. The van der Waals surface area contributed by atoms with Crippen LogP contribution in [0.5, 0.6) is 0 Å². The summed E-state index contributed by atoms with van der Waals surface area (Å²) in [7, 11) is 0. The second-order valence-electron chi connectivity index (χ2n) is 10.6. The predicted molar refractivity (Wildman–Crippen MR) is 142 cm³/mol. The largest absolute Gasteiger partial charge is 0.383 e. The number of nitrogens with zero attached hydrogens (tertiary/aromatic N) is 3. The van der Waals surface area contributed by atoms with Crippen molar-refractivity contribution in [3.63, 3.8) is 0 Å². The SMILES string of the molecule is CC(C)CN(C(=O)CN1CCC(CCc2ccccc2)CC1)c1c(N)n(CC(C)C)c(=O)[nH]c1=O. The lowest BCUT2D eigenvalue weighted by molar-refractivity contribution is -0.120. The van der Waals surface area contributed by atoms with E-state index in [0.717, 1.165) is 38.8 Å². The molecule has 35 heavy (non-hydrogen) atoms. The summed E-state index contributed by atoms with van der Waals surface area (Å²) in [6.07, 6.45) is 4.37. The summed E-state index contributed by atoms with van der Waals surface area (Å²) < 4.78 is 1.36. The lowest BCUT2D eigenvalue weighted by Crippen LogP contribution is -2.48. The topological polar surface area (TPSA) is 104 Å². The number of aromatic amines is 1. The van der Waals surface area contributed by atoms with Gasteiger partial charge in [-0.3, -0.25) is 24.0 Å². The Balaban J connectivity index is 1.68. The number of rotatable bonds is 10. The number of nitrogen functional groups attached to an aromatic ring is 1. The van der Waals surface area contributed by atoms with E-state index in [1.807, 2.05) is 33.8 Å². The molecule has 0 radical (unpaired) electrons. The Morgan fingerprint density at radius 3 is 2.34 bits per heavy atom. The van der Waals surface area contributed by atoms with Gasteiger partial charge in [-0.2, -0.15) is 0 Å². The number of benzene rings is 1. The van der Waals surface area contributed by atoms with E-state index in [-0.39, 0.29) is 35.8 Å². The van der Waals surface area contributed by atoms with Crippen LogP contribution in [-0.4, -0.2) is 46.5 Å². The molecule has 1 aliphatic rings. The molecule has 1 aromatic heterocycles. The second-order valence-corrected chi connectivity index (χ2v) is 10.6. The molecule has 3 rings (SSSR count). The van der Waals surface area contributed by atoms with Gasteiger partial charge < -0.3 is 10.6 Å². The van der Waals surface area contributed by atoms with E-state index < -0.39 is 11.2 Å². The molecule has 0 saturated carbocycles. The summed E-state index contributed by atoms with van der Waals surface area (Å²) in [5.74, 6) is 0.846. The zero-order chi connectivity index (χ0) is 25.5. The minimum Gasteiger partial charge on any atom is -0.383 e. The maximum Gasteiger partial charge on any atom is 0.330 e. The number of hydrogen-bond donors (Lipinski definition) is 2. The molecular weight excluding hydrogens is 442 g/mol. The number of H-pyrrole nitrogens is 1. The number of piperidine rings is 1. The number of aromatic nitrogens is 2. The molecule has 0 atom stereocenters. The highest BCUT2D eigenvalue weighted by Gasteiger charge is 2.28. The Morgan fingerprint density at radius 1 is 1.09 bits per heavy atom. The molecule has 2 heterocycles. The number of carbonyl (C=O) groups is 1. The zero-order valence-corrected chi connectivity index (χ0v) is 21.6. The number of anilines is 2. The van der Waals surface area contributed by atoms with Crippen molar-refractivity contribution in [3.05, 3.63) is 56.7 Å². The number of nitrogens with one attached hydrogen (secondary N) is 1. The molecule has 3 N–H and O–H groups in total. The zero-order valence-electron chi connectivity index (χ0n) is 21.6. The van der Waals surface area contributed by atoms with Crippen LogP contribution >= 0.6 is 0 Å². The van der Waals surface area contributed by atoms with Crippen molar-refractivity contribution in [1.82, 2.24) is 14.5 Å². The molecule has 1 fully saturated rings. The van der Waals surface area contributed by atoms with Crippen LogP contribution in [0.4, 0.5) is 11.5 Å². The van der Waals surface area contributed by atoms with Crippen LogP contribution in [0.15, 0.2) is 39.9 Å². The number of nitrogens with two attached hydrogens (primary N) is 1. The number of carbonyl (C=O) groups excluding carboxylic acids is 1. The molecule has 0 spiro atoms. The number of amides is 1. The Kier molecular flexibility index (Phi) is 9.32. The van der Waals surface area contributed by atoms with E-state index in [2.05, 4.69) is 34.1 Å². The molecule has 0 bridgehead atoms. The van der Waals surface area contributed by atoms with Crippen LogP contribution in [0.25, 0.3) is 0 Å². The van der Waals surface area contributed by atoms with Gasteiger partial charge in [0.2, 0.25) is 5.91 Å². The van der Waals surface area contributed by atoms with Gasteiger partial charge in [-0.15, -0.1) is 0 Å². The van der Waals surface area contributed by atoms with Crippen LogP contribution in [0.3, 0.4) is 0 Å². The Labute approximate surface area is 208 Å². The fraction of sp³-hybridized carbons (Fsp3) is 0.593. The van der Waals surface area contributed by atoms with Gasteiger partial charge in [0, 0.05) is 13.1 Å². The Morgan fingerprint density at radius 2 is 1.74 bits per heavy atom. The van der Waals surface area contributed by atoms with Gasteiger partial charge in [-0.25, -0.2) is 4.79 Å². The average Bonchev–Trinajstić information content (AvgIpc) is 2.81. The summed E-state index contributed by atoms with van der Waals surface area (Å²) >= 11 is 0. The smallest absolute Gasteiger partial charge is 0.330 e. The van der Waals surface area contributed by atoms with Gasteiger partial charge in [0.1, 0.15) is 5.82 Å². The normalized spacial score (nSPS) is 15.1. The van der Waals surface area contributed by atoms with E-state index in [1.54, 1.807) is 0 Å². The standard InChI is InChI=1S/C27H41N5O3/c1-19(2)16-31(24-25(28)32(17-20(3)4)27(35)29-26(24)34)23(33)18-30-14-12-22(13-15-30)11-10-21-8-6-5-7-9-21/h5-9,19-20,22H,10-18,28H2,1-4H3,(H,29,34,35). The molecule has 8 heteroatoms. The quantitative estimate of drug-likeness (QED) is 0.540. The molecular formula is C27H41N5O3. The second kappa shape index (κ2) is 12.2. The highest BCUT2D eigenvalue weighted by molar-refractivity contribution is 5.96. The van der Waals surface area contributed by atoms with E-state index in [0.29, 0.717) is 19.0 Å². The molecule has 0 unspecified atom stereocenters. The maximum absolute atomic E-state index is 13.5. The predicted octanol–water partition coefficient (Wildman–Crippen LogP) is 3.11. The number of hydrogen-bond acceptors (Lipinski definition) is 5. The highest BCUT2D eigenvalue weighted by atomic mass is 16.2. The molecule has 1 aromatic carbocycles. The van der Waals surface area contributed by atoms with Gasteiger partial charge in [-0.05, 0) is 62.1 Å². The summed E-state index contributed by atoms with van der Waals surface area (Å²) in [4.78, 5) is 44.6. The van der Waals surface area contributed by atoms with Crippen molar-refractivity contribution in [3.8, 4) is 0 Å². The third kappa shape index (κ3) is 7.31. The molecule has 1 aliphatic heterocycles. The highest BCUT2D eigenvalue weighted by Crippen LogP contribution is 2.24. The van der Waals surface area contributed by atoms with E-state index in [4.69, 9.17) is 5.73 Å². The van der Waals surface area contributed by atoms with E-state index >= 15 is 0 Å². The number of likely N-dealkylation sites (tertiary alicyclic amines) is 1. The number of aryl methyl sites for hydroxylation is 1. The summed E-state index contributed by atoms with van der Waals surface area (Å²) in [5.41, 5.74) is 6.62. The van der Waals surface area contributed by atoms with Gasteiger partial charge in [0.15, 0.2) is 5.69 Å². The van der Waals surface area contributed by atoms with Crippen molar-refractivity contribution in [1.29, 1.82) is 0 Å². The average molecular weight is 484 g/mol. The third-order valence-electron chi connectivity index (χ3n) is 6.63. The van der Waals surface area contributed by atoms with Crippen molar-refractivity contribution in [2.45, 2.75) is 59.9 Å². The maximum atomic E-state index is 13.5. The Hall–Kier alpha value is -2.87. The third-order valence-corrected chi connectivity index (χ3v) is 6.63. The molecule has 0 aliphatic carbocycles. The summed E-state index contributed by atoms with van der Waals surface area (Å²) in [6.45, 7) is 10.6. The van der Waals surface area contributed by atoms with E-state index in [1.165, 1.54) is 15.0 Å².